The normalized spacial score (nSPS) is 12.8. The van der Waals surface area contributed by atoms with E-state index >= 15 is 0 Å². The van der Waals surface area contributed by atoms with Crippen molar-refractivity contribution in [3.05, 3.63) is 36.3 Å². The van der Waals surface area contributed by atoms with Crippen molar-refractivity contribution < 1.29 is 4.42 Å². The van der Waals surface area contributed by atoms with Crippen molar-refractivity contribution in [1.29, 1.82) is 0 Å². The van der Waals surface area contributed by atoms with Gasteiger partial charge in [-0.2, -0.15) is 0 Å². The highest BCUT2D eigenvalue weighted by Gasteiger charge is 2.10. The zero-order valence-electron chi connectivity index (χ0n) is 8.34. The topological polar surface area (TPSA) is 25.2 Å². The van der Waals surface area contributed by atoms with E-state index < -0.39 is 0 Å². The zero-order chi connectivity index (χ0) is 9.68. The Labute approximate surface area is 79.6 Å². The summed E-state index contributed by atoms with van der Waals surface area (Å²) in [5.74, 6) is 0. The van der Waals surface area contributed by atoms with Gasteiger partial charge in [0, 0.05) is 11.6 Å². The Bertz CT molecular complexity index is 251. The van der Waals surface area contributed by atoms with E-state index in [0.29, 0.717) is 6.04 Å². The minimum Gasteiger partial charge on any atom is -0.472 e. The van der Waals surface area contributed by atoms with Crippen LogP contribution in [-0.4, -0.2) is 7.05 Å². The van der Waals surface area contributed by atoms with Crippen molar-refractivity contribution in [2.45, 2.75) is 25.8 Å². The molecular formula is C11H17NO. The molecule has 0 aliphatic rings. The van der Waals surface area contributed by atoms with Gasteiger partial charge >= 0.3 is 0 Å². The monoisotopic (exact) mass is 179 g/mol. The van der Waals surface area contributed by atoms with Crippen molar-refractivity contribution in [1.82, 2.24) is 5.32 Å². The third-order valence-corrected chi connectivity index (χ3v) is 2.29. The van der Waals surface area contributed by atoms with Crippen LogP contribution in [0.5, 0.6) is 0 Å². The van der Waals surface area contributed by atoms with Crippen molar-refractivity contribution in [3.8, 4) is 0 Å². The summed E-state index contributed by atoms with van der Waals surface area (Å²) in [6, 6.07) is 2.33. The quantitative estimate of drug-likeness (QED) is 0.703. The van der Waals surface area contributed by atoms with Crippen LogP contribution in [0.1, 0.15) is 31.4 Å². The minimum absolute atomic E-state index is 0.339. The molecule has 72 valence electrons. The van der Waals surface area contributed by atoms with Crippen LogP contribution in [0.15, 0.2) is 35.2 Å². The summed E-state index contributed by atoms with van der Waals surface area (Å²) in [6.45, 7) is 6.13. The predicted molar refractivity (Wildman–Crippen MR) is 54.6 cm³/mol. The van der Waals surface area contributed by atoms with Gasteiger partial charge < -0.3 is 9.73 Å². The van der Waals surface area contributed by atoms with Crippen LogP contribution in [0, 0.1) is 0 Å². The van der Waals surface area contributed by atoms with Gasteiger partial charge in [-0.3, -0.25) is 0 Å². The van der Waals surface area contributed by atoms with E-state index in [-0.39, 0.29) is 0 Å². The van der Waals surface area contributed by atoms with Crippen LogP contribution < -0.4 is 5.32 Å². The Morgan fingerprint density at radius 1 is 1.69 bits per heavy atom. The lowest BCUT2D eigenvalue weighted by Crippen LogP contribution is -2.16. The minimum atomic E-state index is 0.339. The molecule has 0 bridgehead atoms. The molecule has 1 N–H and O–H groups in total. The highest BCUT2D eigenvalue weighted by Crippen LogP contribution is 2.21. The molecule has 0 saturated heterocycles. The van der Waals surface area contributed by atoms with Crippen molar-refractivity contribution in [2.24, 2.45) is 0 Å². The van der Waals surface area contributed by atoms with Gasteiger partial charge in [0.2, 0.25) is 0 Å². The number of furan rings is 1. The highest BCUT2D eigenvalue weighted by molar-refractivity contribution is 5.14. The number of nitrogens with one attached hydrogen (secondary N) is 1. The van der Waals surface area contributed by atoms with E-state index in [9.17, 15) is 0 Å². The van der Waals surface area contributed by atoms with Crippen LogP contribution in [0.3, 0.4) is 0 Å². The molecular weight excluding hydrogens is 162 g/mol. The highest BCUT2D eigenvalue weighted by atomic mass is 16.3. The van der Waals surface area contributed by atoms with Crippen LogP contribution >= 0.6 is 0 Å². The maximum atomic E-state index is 5.04. The number of hydrogen-bond acceptors (Lipinski definition) is 2. The molecule has 1 unspecified atom stereocenters. The van der Waals surface area contributed by atoms with Crippen LogP contribution in [0.25, 0.3) is 0 Å². The van der Waals surface area contributed by atoms with Crippen molar-refractivity contribution in [2.75, 3.05) is 7.05 Å². The second-order valence-corrected chi connectivity index (χ2v) is 3.21. The van der Waals surface area contributed by atoms with Gasteiger partial charge in [-0.25, -0.2) is 0 Å². The maximum Gasteiger partial charge on any atom is 0.0950 e. The molecule has 0 amide bonds. The van der Waals surface area contributed by atoms with E-state index in [0.717, 1.165) is 12.8 Å². The lowest BCUT2D eigenvalue weighted by atomic mass is 10.0. The molecule has 0 fully saturated rings. The molecule has 2 heteroatoms. The Hall–Kier alpha value is -1.02. The molecule has 0 aromatic carbocycles. The van der Waals surface area contributed by atoms with Crippen LogP contribution in [-0.2, 0) is 0 Å². The Kier molecular flexibility index (Phi) is 3.77. The first-order valence-corrected chi connectivity index (χ1v) is 4.64. The van der Waals surface area contributed by atoms with Gasteiger partial charge in [-0.05, 0) is 26.0 Å². The lowest BCUT2D eigenvalue weighted by Gasteiger charge is -2.14. The molecule has 1 aromatic rings. The van der Waals surface area contributed by atoms with E-state index in [1.807, 2.05) is 13.1 Å². The van der Waals surface area contributed by atoms with Crippen LogP contribution in [0.4, 0.5) is 0 Å². The molecule has 0 saturated carbocycles. The summed E-state index contributed by atoms with van der Waals surface area (Å²) >= 11 is 0. The fraction of sp³-hybridized carbons (Fsp3) is 0.455. The molecule has 1 aromatic heterocycles. The smallest absolute Gasteiger partial charge is 0.0950 e. The van der Waals surface area contributed by atoms with Gasteiger partial charge in [0.25, 0.3) is 0 Å². The van der Waals surface area contributed by atoms with Crippen molar-refractivity contribution >= 4 is 0 Å². The summed E-state index contributed by atoms with van der Waals surface area (Å²) < 4.78 is 5.04. The van der Waals surface area contributed by atoms with Gasteiger partial charge in [-0.1, -0.05) is 19.1 Å². The molecule has 1 rings (SSSR count). The van der Waals surface area contributed by atoms with Gasteiger partial charge in [0.1, 0.15) is 0 Å². The summed E-state index contributed by atoms with van der Waals surface area (Å²) in [6.07, 6.45) is 5.50. The molecule has 13 heavy (non-hydrogen) atoms. The molecule has 0 aliphatic carbocycles. The van der Waals surface area contributed by atoms with Crippen LogP contribution in [0.2, 0.25) is 0 Å². The Balaban J connectivity index is 2.58. The standard InChI is InChI=1S/C11H17NO/c1-4-9(2)7-11(12-3)10-5-6-13-8-10/h5-6,8,11-12H,2,4,7H2,1,3H3. The molecule has 0 aliphatic heterocycles. The number of hydrogen-bond donors (Lipinski definition) is 1. The largest absolute Gasteiger partial charge is 0.472 e. The molecule has 1 atom stereocenters. The third-order valence-electron chi connectivity index (χ3n) is 2.29. The predicted octanol–water partition coefficient (Wildman–Crippen LogP) is 2.90. The maximum absolute atomic E-state index is 5.04. The fourth-order valence-electron chi connectivity index (χ4n) is 1.29. The first-order chi connectivity index (χ1) is 6.27. The van der Waals surface area contributed by atoms with Gasteiger partial charge in [0.15, 0.2) is 0 Å². The Morgan fingerprint density at radius 3 is 2.92 bits per heavy atom. The average Bonchev–Trinajstić information content (AvgIpc) is 2.66. The molecule has 0 spiro atoms. The first-order valence-electron chi connectivity index (χ1n) is 4.64. The van der Waals surface area contributed by atoms with Gasteiger partial charge in [-0.15, -0.1) is 0 Å². The summed E-state index contributed by atoms with van der Waals surface area (Å²) in [7, 11) is 1.96. The molecule has 0 radical (unpaired) electrons. The third kappa shape index (κ3) is 2.74. The fourth-order valence-corrected chi connectivity index (χ4v) is 1.29. The van der Waals surface area contributed by atoms with E-state index in [2.05, 4.69) is 18.8 Å². The average molecular weight is 179 g/mol. The van der Waals surface area contributed by atoms with E-state index in [1.54, 1.807) is 12.5 Å². The summed E-state index contributed by atoms with van der Waals surface area (Å²) in [5, 5.41) is 3.25. The molecule has 1 heterocycles. The van der Waals surface area contributed by atoms with E-state index in [1.165, 1.54) is 11.1 Å². The zero-order valence-corrected chi connectivity index (χ0v) is 8.34. The van der Waals surface area contributed by atoms with Crippen molar-refractivity contribution in [3.63, 3.8) is 0 Å². The summed E-state index contributed by atoms with van der Waals surface area (Å²) in [4.78, 5) is 0. The summed E-state index contributed by atoms with van der Waals surface area (Å²) in [5.41, 5.74) is 2.46. The SMILES string of the molecule is C=C(CC)CC(NC)c1ccoc1. The lowest BCUT2D eigenvalue weighted by molar-refractivity contribution is 0.539. The first kappa shape index (κ1) is 10.1. The second kappa shape index (κ2) is 4.87. The van der Waals surface area contributed by atoms with E-state index in [4.69, 9.17) is 4.42 Å². The Morgan fingerprint density at radius 2 is 2.46 bits per heavy atom. The molecule has 2 nitrogen and oxygen atoms in total. The number of rotatable bonds is 5. The second-order valence-electron chi connectivity index (χ2n) is 3.21. The van der Waals surface area contributed by atoms with Gasteiger partial charge in [0.05, 0.1) is 12.5 Å².